The van der Waals surface area contributed by atoms with Crippen LogP contribution < -0.4 is 10.1 Å². The topological polar surface area (TPSA) is 24.5 Å². The van der Waals surface area contributed by atoms with Crippen molar-refractivity contribution >= 4 is 0 Å². The van der Waals surface area contributed by atoms with Crippen LogP contribution in [-0.4, -0.2) is 44.7 Å². The van der Waals surface area contributed by atoms with Crippen molar-refractivity contribution in [2.45, 2.75) is 25.2 Å². The summed E-state index contributed by atoms with van der Waals surface area (Å²) >= 11 is 0. The first-order valence-corrected chi connectivity index (χ1v) is 7.93. The van der Waals surface area contributed by atoms with Crippen LogP contribution in [0, 0.1) is 5.92 Å². The maximum Gasteiger partial charge on any atom is 0.122 e. The van der Waals surface area contributed by atoms with Crippen molar-refractivity contribution in [1.29, 1.82) is 0 Å². The number of piperidine rings is 1. The van der Waals surface area contributed by atoms with E-state index in [1.807, 2.05) is 0 Å². The lowest BCUT2D eigenvalue weighted by Crippen LogP contribution is -2.35. The van der Waals surface area contributed by atoms with Gasteiger partial charge in [0.2, 0.25) is 0 Å². The normalized spacial score (nSPS) is 24.9. The lowest BCUT2D eigenvalue weighted by molar-refractivity contribution is 0.238. The lowest BCUT2D eigenvalue weighted by atomic mass is 9.96. The SMILES string of the molecule is COc1ccccc1C1CCN(CC2CCNCC2)C1. The molecular formula is C17H26N2O. The van der Waals surface area contributed by atoms with Crippen LogP contribution in [0.2, 0.25) is 0 Å². The number of hydrogen-bond donors (Lipinski definition) is 1. The molecule has 0 radical (unpaired) electrons. The third kappa shape index (κ3) is 3.15. The first-order chi connectivity index (χ1) is 9.86. The number of benzene rings is 1. The Morgan fingerprint density at radius 1 is 1.20 bits per heavy atom. The van der Waals surface area contributed by atoms with E-state index in [1.165, 1.54) is 57.5 Å². The molecule has 1 aromatic carbocycles. The van der Waals surface area contributed by atoms with Crippen molar-refractivity contribution in [2.75, 3.05) is 39.8 Å². The van der Waals surface area contributed by atoms with E-state index in [1.54, 1.807) is 7.11 Å². The molecular weight excluding hydrogens is 248 g/mol. The minimum atomic E-state index is 0.646. The maximum atomic E-state index is 5.52. The van der Waals surface area contributed by atoms with Crippen LogP contribution in [0.3, 0.4) is 0 Å². The highest BCUT2D eigenvalue weighted by Crippen LogP contribution is 2.33. The first-order valence-electron chi connectivity index (χ1n) is 7.93. The number of para-hydroxylation sites is 1. The minimum absolute atomic E-state index is 0.646. The Morgan fingerprint density at radius 3 is 2.80 bits per heavy atom. The number of likely N-dealkylation sites (tertiary alicyclic amines) is 1. The van der Waals surface area contributed by atoms with Gasteiger partial charge in [0.15, 0.2) is 0 Å². The summed E-state index contributed by atoms with van der Waals surface area (Å²) in [4.78, 5) is 2.66. The van der Waals surface area contributed by atoms with Crippen LogP contribution in [0.25, 0.3) is 0 Å². The molecule has 0 spiro atoms. The summed E-state index contributed by atoms with van der Waals surface area (Å²) < 4.78 is 5.52. The molecule has 1 N–H and O–H groups in total. The predicted octanol–water partition coefficient (Wildman–Crippen LogP) is 2.48. The largest absolute Gasteiger partial charge is 0.496 e. The van der Waals surface area contributed by atoms with Gasteiger partial charge in [-0.2, -0.15) is 0 Å². The van der Waals surface area contributed by atoms with E-state index in [2.05, 4.69) is 34.5 Å². The number of ether oxygens (including phenoxy) is 1. The second-order valence-electron chi connectivity index (χ2n) is 6.18. The van der Waals surface area contributed by atoms with Crippen LogP contribution in [0.4, 0.5) is 0 Å². The molecule has 0 bridgehead atoms. The highest BCUT2D eigenvalue weighted by molar-refractivity contribution is 5.37. The lowest BCUT2D eigenvalue weighted by Gasteiger charge is -2.27. The average molecular weight is 274 g/mol. The molecule has 3 heteroatoms. The molecule has 0 aromatic heterocycles. The average Bonchev–Trinajstić information content (AvgIpc) is 2.96. The van der Waals surface area contributed by atoms with Crippen LogP contribution in [0.15, 0.2) is 24.3 Å². The second kappa shape index (κ2) is 6.59. The van der Waals surface area contributed by atoms with Crippen molar-refractivity contribution < 1.29 is 4.74 Å². The molecule has 2 heterocycles. The number of methoxy groups -OCH3 is 1. The van der Waals surface area contributed by atoms with Crippen LogP contribution in [-0.2, 0) is 0 Å². The van der Waals surface area contributed by atoms with Gasteiger partial charge in [-0.05, 0) is 56.4 Å². The maximum absolute atomic E-state index is 5.52. The van der Waals surface area contributed by atoms with E-state index in [-0.39, 0.29) is 0 Å². The Labute approximate surface area is 122 Å². The van der Waals surface area contributed by atoms with E-state index in [0.29, 0.717) is 5.92 Å². The fraction of sp³-hybridized carbons (Fsp3) is 0.647. The van der Waals surface area contributed by atoms with Gasteiger partial charge < -0.3 is 15.0 Å². The van der Waals surface area contributed by atoms with Gasteiger partial charge >= 0.3 is 0 Å². The fourth-order valence-electron chi connectivity index (χ4n) is 3.69. The molecule has 2 aliphatic heterocycles. The molecule has 0 saturated carbocycles. The molecule has 2 saturated heterocycles. The highest BCUT2D eigenvalue weighted by atomic mass is 16.5. The Morgan fingerprint density at radius 2 is 2.00 bits per heavy atom. The van der Waals surface area contributed by atoms with E-state index in [0.717, 1.165) is 11.7 Å². The van der Waals surface area contributed by atoms with Gasteiger partial charge in [-0.3, -0.25) is 0 Å². The number of rotatable bonds is 4. The third-order valence-electron chi connectivity index (χ3n) is 4.83. The molecule has 3 rings (SSSR count). The fourth-order valence-corrected chi connectivity index (χ4v) is 3.69. The molecule has 0 aliphatic carbocycles. The summed E-state index contributed by atoms with van der Waals surface area (Å²) in [6.45, 7) is 6.13. The quantitative estimate of drug-likeness (QED) is 0.913. The van der Waals surface area contributed by atoms with Gasteiger partial charge in [0.1, 0.15) is 5.75 Å². The smallest absolute Gasteiger partial charge is 0.122 e. The number of nitrogens with zero attached hydrogens (tertiary/aromatic N) is 1. The highest BCUT2D eigenvalue weighted by Gasteiger charge is 2.27. The summed E-state index contributed by atoms with van der Waals surface area (Å²) in [5, 5.41) is 3.45. The van der Waals surface area contributed by atoms with E-state index in [9.17, 15) is 0 Å². The van der Waals surface area contributed by atoms with Crippen LogP contribution in [0.5, 0.6) is 5.75 Å². The number of nitrogens with one attached hydrogen (secondary N) is 1. The van der Waals surface area contributed by atoms with E-state index < -0.39 is 0 Å². The zero-order valence-electron chi connectivity index (χ0n) is 12.5. The van der Waals surface area contributed by atoms with Gasteiger partial charge in [-0.1, -0.05) is 18.2 Å². The molecule has 2 fully saturated rings. The molecule has 0 amide bonds. The van der Waals surface area contributed by atoms with Crippen molar-refractivity contribution in [2.24, 2.45) is 5.92 Å². The van der Waals surface area contributed by atoms with E-state index >= 15 is 0 Å². The molecule has 3 nitrogen and oxygen atoms in total. The molecule has 110 valence electrons. The molecule has 20 heavy (non-hydrogen) atoms. The van der Waals surface area contributed by atoms with Crippen molar-refractivity contribution in [3.8, 4) is 5.75 Å². The standard InChI is InChI=1S/C17H26N2O/c1-20-17-5-3-2-4-16(17)15-8-11-19(13-15)12-14-6-9-18-10-7-14/h2-5,14-15,18H,6-13H2,1H3. The Balaban J connectivity index is 1.58. The van der Waals surface area contributed by atoms with Crippen molar-refractivity contribution in [1.82, 2.24) is 10.2 Å². The predicted molar refractivity (Wildman–Crippen MR) is 82.4 cm³/mol. The minimum Gasteiger partial charge on any atom is -0.496 e. The zero-order chi connectivity index (χ0) is 13.8. The Bertz CT molecular complexity index is 429. The Hall–Kier alpha value is -1.06. The number of hydrogen-bond acceptors (Lipinski definition) is 3. The Kier molecular flexibility index (Phi) is 4.58. The summed E-state index contributed by atoms with van der Waals surface area (Å²) in [6, 6.07) is 8.51. The van der Waals surface area contributed by atoms with Crippen molar-refractivity contribution in [3.05, 3.63) is 29.8 Å². The van der Waals surface area contributed by atoms with E-state index in [4.69, 9.17) is 4.74 Å². The van der Waals surface area contributed by atoms with Gasteiger partial charge in [0.25, 0.3) is 0 Å². The summed E-state index contributed by atoms with van der Waals surface area (Å²) in [5.74, 6) is 2.60. The second-order valence-corrected chi connectivity index (χ2v) is 6.18. The molecule has 1 atom stereocenters. The van der Waals surface area contributed by atoms with Crippen molar-refractivity contribution in [3.63, 3.8) is 0 Å². The summed E-state index contributed by atoms with van der Waals surface area (Å²) in [5.41, 5.74) is 1.39. The molecule has 1 unspecified atom stereocenters. The first kappa shape index (κ1) is 13.9. The molecule has 1 aromatic rings. The summed E-state index contributed by atoms with van der Waals surface area (Å²) in [7, 11) is 1.78. The monoisotopic (exact) mass is 274 g/mol. The zero-order valence-corrected chi connectivity index (χ0v) is 12.5. The van der Waals surface area contributed by atoms with Crippen LogP contribution >= 0.6 is 0 Å². The van der Waals surface area contributed by atoms with Gasteiger partial charge in [0.05, 0.1) is 7.11 Å². The molecule has 2 aliphatic rings. The van der Waals surface area contributed by atoms with Gasteiger partial charge in [0, 0.05) is 19.0 Å². The summed E-state index contributed by atoms with van der Waals surface area (Å²) in [6.07, 6.45) is 3.96. The van der Waals surface area contributed by atoms with Gasteiger partial charge in [-0.25, -0.2) is 0 Å². The van der Waals surface area contributed by atoms with Crippen LogP contribution in [0.1, 0.15) is 30.7 Å². The third-order valence-corrected chi connectivity index (χ3v) is 4.83. The van der Waals surface area contributed by atoms with Gasteiger partial charge in [-0.15, -0.1) is 0 Å².